The van der Waals surface area contributed by atoms with Crippen molar-refractivity contribution in [2.45, 2.75) is 13.5 Å². The minimum Gasteiger partial charge on any atom is -0.497 e. The van der Waals surface area contributed by atoms with Crippen LogP contribution >= 0.6 is 0 Å². The topological polar surface area (TPSA) is 81.1 Å². The van der Waals surface area contributed by atoms with E-state index in [1.807, 2.05) is 31.3 Å². The lowest BCUT2D eigenvalue weighted by Crippen LogP contribution is -3.08. The van der Waals surface area contributed by atoms with Crippen LogP contribution in [0, 0.1) is 0 Å². The molecule has 2 amide bonds. The van der Waals surface area contributed by atoms with E-state index in [0.29, 0.717) is 23.7 Å². The average molecular weight is 372 g/mol. The number of anilines is 2. The van der Waals surface area contributed by atoms with Gasteiger partial charge in [0, 0.05) is 18.2 Å². The molecule has 0 aliphatic heterocycles. The van der Waals surface area contributed by atoms with Crippen molar-refractivity contribution >= 4 is 23.2 Å². The number of rotatable bonds is 8. The number of methoxy groups -OCH3 is 2. The van der Waals surface area contributed by atoms with Crippen LogP contribution in [-0.2, 0) is 16.1 Å². The predicted molar refractivity (Wildman–Crippen MR) is 104 cm³/mol. The van der Waals surface area contributed by atoms with Crippen molar-refractivity contribution in [2.24, 2.45) is 0 Å². The van der Waals surface area contributed by atoms with E-state index in [1.165, 1.54) is 14.0 Å². The number of benzene rings is 2. The molecule has 0 radical (unpaired) electrons. The highest BCUT2D eigenvalue weighted by atomic mass is 16.5. The van der Waals surface area contributed by atoms with E-state index in [2.05, 4.69) is 10.6 Å². The molecule has 27 heavy (non-hydrogen) atoms. The van der Waals surface area contributed by atoms with Gasteiger partial charge in [0.1, 0.15) is 18.0 Å². The van der Waals surface area contributed by atoms with E-state index >= 15 is 0 Å². The number of carbonyl (C=O) groups is 2. The highest BCUT2D eigenvalue weighted by molar-refractivity contribution is 5.95. The average Bonchev–Trinajstić information content (AvgIpc) is 2.61. The Labute approximate surface area is 159 Å². The molecular weight excluding hydrogens is 346 g/mol. The van der Waals surface area contributed by atoms with Crippen molar-refractivity contribution in [1.82, 2.24) is 0 Å². The number of ether oxygens (including phenoxy) is 2. The van der Waals surface area contributed by atoms with Crippen LogP contribution in [0.5, 0.6) is 11.5 Å². The van der Waals surface area contributed by atoms with Gasteiger partial charge in [0.2, 0.25) is 5.91 Å². The summed E-state index contributed by atoms with van der Waals surface area (Å²) < 4.78 is 10.5. The third kappa shape index (κ3) is 6.31. The Morgan fingerprint density at radius 1 is 1.04 bits per heavy atom. The molecule has 0 saturated heterocycles. The molecule has 1 atom stereocenters. The standard InChI is InChI=1S/C20H25N3O4/c1-14(24)21-16-8-9-19(27-4)18(11-16)22-20(25)13-23(2)12-15-6-5-7-17(10-15)26-3/h5-11H,12-13H2,1-4H3,(H,21,24)(H,22,25)/p+1. The Balaban J connectivity index is 2.00. The first-order valence-corrected chi connectivity index (χ1v) is 8.61. The molecule has 7 heteroatoms. The van der Waals surface area contributed by atoms with Crippen molar-refractivity contribution in [2.75, 3.05) is 38.4 Å². The highest BCUT2D eigenvalue weighted by Crippen LogP contribution is 2.27. The first-order valence-electron chi connectivity index (χ1n) is 8.61. The summed E-state index contributed by atoms with van der Waals surface area (Å²) in [6.07, 6.45) is 0. The number of nitrogens with one attached hydrogen (secondary N) is 3. The Morgan fingerprint density at radius 3 is 2.48 bits per heavy atom. The number of hydrogen-bond donors (Lipinski definition) is 3. The SMILES string of the molecule is COc1cccc(C[NH+](C)CC(=O)Nc2cc(NC(C)=O)ccc2OC)c1. The maximum atomic E-state index is 12.4. The van der Waals surface area contributed by atoms with E-state index in [9.17, 15) is 9.59 Å². The van der Waals surface area contributed by atoms with Gasteiger partial charge in [0.05, 0.1) is 27.0 Å². The number of carbonyl (C=O) groups excluding carboxylic acids is 2. The number of likely N-dealkylation sites (N-methyl/N-ethyl adjacent to an activating group) is 1. The van der Waals surface area contributed by atoms with Gasteiger partial charge in [-0.25, -0.2) is 0 Å². The van der Waals surface area contributed by atoms with Gasteiger partial charge in [-0.2, -0.15) is 0 Å². The van der Waals surface area contributed by atoms with E-state index in [0.717, 1.165) is 16.2 Å². The molecule has 2 aromatic rings. The molecular formula is C20H26N3O4+. The van der Waals surface area contributed by atoms with Gasteiger partial charge >= 0.3 is 0 Å². The molecule has 0 fully saturated rings. The molecule has 1 unspecified atom stereocenters. The lowest BCUT2D eigenvalue weighted by atomic mass is 10.2. The summed E-state index contributed by atoms with van der Waals surface area (Å²) in [5, 5.41) is 5.54. The van der Waals surface area contributed by atoms with Gasteiger partial charge in [0.15, 0.2) is 6.54 Å². The molecule has 0 saturated carbocycles. The highest BCUT2D eigenvalue weighted by Gasteiger charge is 2.14. The van der Waals surface area contributed by atoms with Crippen molar-refractivity contribution in [1.29, 1.82) is 0 Å². The molecule has 0 bridgehead atoms. The van der Waals surface area contributed by atoms with Crippen LogP contribution in [0.25, 0.3) is 0 Å². The number of hydrogen-bond acceptors (Lipinski definition) is 4. The van der Waals surface area contributed by atoms with Crippen LogP contribution in [0.2, 0.25) is 0 Å². The van der Waals surface area contributed by atoms with Gasteiger partial charge in [0.25, 0.3) is 5.91 Å². The number of quaternary nitrogens is 1. The van der Waals surface area contributed by atoms with E-state index < -0.39 is 0 Å². The van der Waals surface area contributed by atoms with Crippen molar-refractivity contribution in [3.63, 3.8) is 0 Å². The molecule has 0 aliphatic rings. The maximum Gasteiger partial charge on any atom is 0.279 e. The zero-order valence-electron chi connectivity index (χ0n) is 16.1. The molecule has 2 rings (SSSR count). The molecule has 7 nitrogen and oxygen atoms in total. The number of amides is 2. The predicted octanol–water partition coefficient (Wildman–Crippen LogP) is 1.32. The monoisotopic (exact) mass is 372 g/mol. The largest absolute Gasteiger partial charge is 0.497 e. The van der Waals surface area contributed by atoms with Gasteiger partial charge < -0.3 is 25.0 Å². The Morgan fingerprint density at radius 2 is 1.81 bits per heavy atom. The quantitative estimate of drug-likeness (QED) is 0.653. The second-order valence-corrected chi connectivity index (χ2v) is 6.31. The van der Waals surface area contributed by atoms with Crippen LogP contribution in [0.3, 0.4) is 0 Å². The fourth-order valence-corrected chi connectivity index (χ4v) is 2.75. The molecule has 0 spiro atoms. The van der Waals surface area contributed by atoms with Crippen LogP contribution in [0.15, 0.2) is 42.5 Å². The molecule has 144 valence electrons. The molecule has 0 aromatic heterocycles. The van der Waals surface area contributed by atoms with Crippen LogP contribution in [0.4, 0.5) is 11.4 Å². The summed E-state index contributed by atoms with van der Waals surface area (Å²) >= 11 is 0. The molecule has 0 heterocycles. The Kier molecular flexibility index (Phi) is 7.19. The summed E-state index contributed by atoms with van der Waals surface area (Å²) in [5.41, 5.74) is 2.20. The first-order chi connectivity index (χ1) is 12.9. The third-order valence-corrected chi connectivity index (χ3v) is 3.90. The maximum absolute atomic E-state index is 12.4. The second kappa shape index (κ2) is 9.59. The molecule has 0 aliphatic carbocycles. The Hall–Kier alpha value is -3.06. The molecule has 3 N–H and O–H groups in total. The van der Waals surface area contributed by atoms with Crippen LogP contribution in [0.1, 0.15) is 12.5 Å². The zero-order valence-corrected chi connectivity index (χ0v) is 16.1. The van der Waals surface area contributed by atoms with Crippen molar-refractivity contribution in [3.05, 3.63) is 48.0 Å². The summed E-state index contributed by atoms with van der Waals surface area (Å²) in [4.78, 5) is 24.7. The van der Waals surface area contributed by atoms with Crippen LogP contribution in [-0.4, -0.2) is 39.6 Å². The summed E-state index contributed by atoms with van der Waals surface area (Å²) in [7, 11) is 5.11. The smallest absolute Gasteiger partial charge is 0.279 e. The fraction of sp³-hybridized carbons (Fsp3) is 0.300. The van der Waals surface area contributed by atoms with Crippen molar-refractivity contribution < 1.29 is 24.0 Å². The van der Waals surface area contributed by atoms with E-state index in [4.69, 9.17) is 9.47 Å². The van der Waals surface area contributed by atoms with Crippen LogP contribution < -0.4 is 25.0 Å². The summed E-state index contributed by atoms with van der Waals surface area (Å²) in [6, 6.07) is 12.9. The van der Waals surface area contributed by atoms with E-state index in [-0.39, 0.29) is 18.4 Å². The fourth-order valence-electron chi connectivity index (χ4n) is 2.75. The van der Waals surface area contributed by atoms with Gasteiger partial charge in [-0.3, -0.25) is 9.59 Å². The molecule has 2 aromatic carbocycles. The van der Waals surface area contributed by atoms with Gasteiger partial charge in [-0.1, -0.05) is 12.1 Å². The normalized spacial score (nSPS) is 11.4. The first kappa shape index (κ1) is 20.3. The van der Waals surface area contributed by atoms with E-state index in [1.54, 1.807) is 25.3 Å². The lowest BCUT2D eigenvalue weighted by Gasteiger charge is -2.16. The summed E-state index contributed by atoms with van der Waals surface area (Å²) in [6.45, 7) is 2.40. The summed E-state index contributed by atoms with van der Waals surface area (Å²) in [5.74, 6) is 1.00. The van der Waals surface area contributed by atoms with Gasteiger partial charge in [-0.05, 0) is 30.3 Å². The minimum absolute atomic E-state index is 0.145. The third-order valence-electron chi connectivity index (χ3n) is 3.90. The van der Waals surface area contributed by atoms with Crippen molar-refractivity contribution in [3.8, 4) is 11.5 Å². The second-order valence-electron chi connectivity index (χ2n) is 6.31. The lowest BCUT2D eigenvalue weighted by molar-refractivity contribution is -0.885. The van der Waals surface area contributed by atoms with Gasteiger partial charge in [-0.15, -0.1) is 0 Å². The minimum atomic E-state index is -0.181. The Bertz CT molecular complexity index is 808. The zero-order chi connectivity index (χ0) is 19.8.